The lowest BCUT2D eigenvalue weighted by molar-refractivity contribution is 0.242. The molecule has 0 amide bonds. The second-order valence-corrected chi connectivity index (χ2v) is 1.10. The molecule has 0 saturated heterocycles. The van der Waals surface area contributed by atoms with Crippen molar-refractivity contribution in [1.82, 2.24) is 0 Å². The van der Waals surface area contributed by atoms with Gasteiger partial charge in [-0.05, 0) is 0 Å². The zero-order valence-electron chi connectivity index (χ0n) is 3.80. The predicted octanol–water partition coefficient (Wildman–Crippen LogP) is -0.303. The largest absolute Gasteiger partial charge is 0.395 e. The van der Waals surface area contributed by atoms with Crippen molar-refractivity contribution in [2.75, 3.05) is 13.3 Å². The van der Waals surface area contributed by atoms with Crippen molar-refractivity contribution < 1.29 is 9.50 Å². The summed E-state index contributed by atoms with van der Waals surface area (Å²) in [6.45, 7) is -0.910. The van der Waals surface area contributed by atoms with Gasteiger partial charge >= 0.3 is 0 Å². The molecule has 7 heavy (non-hydrogen) atoms. The minimum absolute atomic E-state index is 0. The summed E-state index contributed by atoms with van der Waals surface area (Å²) in [7, 11) is 0. The van der Waals surface area contributed by atoms with Crippen LogP contribution in [0.1, 0.15) is 0 Å². The molecule has 0 aliphatic rings. The molecule has 46 valence electrons. The first-order valence-electron chi connectivity index (χ1n) is 1.73. The van der Waals surface area contributed by atoms with E-state index in [0.717, 1.165) is 0 Å². The van der Waals surface area contributed by atoms with Crippen LogP contribution in [-0.2, 0) is 0 Å². The highest BCUT2D eigenvalue weighted by atomic mass is 35.5. The second kappa shape index (κ2) is 6.14. The Kier molecular flexibility index (Phi) is 8.94. The Hall–Kier alpha value is 0.140. The van der Waals surface area contributed by atoms with Crippen LogP contribution in [-0.4, -0.2) is 24.4 Å². The Balaban J connectivity index is 0. The maximum absolute atomic E-state index is 11.1. The van der Waals surface area contributed by atoms with Gasteiger partial charge in [-0.25, -0.2) is 4.39 Å². The van der Waals surface area contributed by atoms with Gasteiger partial charge in [0.05, 0.1) is 12.6 Å². The molecular weight excluding hydrogens is 120 g/mol. The van der Waals surface area contributed by atoms with Crippen LogP contribution in [0, 0.1) is 0 Å². The SMILES string of the molecule is Cl.NC(CO)CF. The average Bonchev–Trinajstić information content (AvgIpc) is 1.65. The van der Waals surface area contributed by atoms with Crippen LogP contribution >= 0.6 is 12.4 Å². The highest BCUT2D eigenvalue weighted by molar-refractivity contribution is 5.85. The van der Waals surface area contributed by atoms with E-state index >= 15 is 0 Å². The third-order valence-corrected chi connectivity index (χ3v) is 0.433. The van der Waals surface area contributed by atoms with Crippen molar-refractivity contribution in [2.24, 2.45) is 5.73 Å². The number of hydrogen-bond acceptors (Lipinski definition) is 2. The molecule has 0 aromatic carbocycles. The van der Waals surface area contributed by atoms with Crippen molar-refractivity contribution in [1.29, 1.82) is 0 Å². The minimum atomic E-state index is -0.676. The Morgan fingerprint density at radius 1 is 1.71 bits per heavy atom. The summed E-state index contributed by atoms with van der Waals surface area (Å²) in [5.41, 5.74) is 4.85. The van der Waals surface area contributed by atoms with Crippen LogP contribution in [0.4, 0.5) is 4.39 Å². The molecule has 0 fully saturated rings. The van der Waals surface area contributed by atoms with Crippen LogP contribution < -0.4 is 5.73 Å². The molecule has 0 spiro atoms. The Labute approximate surface area is 47.9 Å². The van der Waals surface area contributed by atoms with Crippen LogP contribution in [0.3, 0.4) is 0 Å². The molecule has 0 aliphatic heterocycles. The van der Waals surface area contributed by atoms with Crippen molar-refractivity contribution in [2.45, 2.75) is 6.04 Å². The molecule has 0 radical (unpaired) electrons. The molecule has 0 aromatic heterocycles. The van der Waals surface area contributed by atoms with Gasteiger partial charge in [-0.2, -0.15) is 0 Å². The number of halogens is 2. The zero-order chi connectivity index (χ0) is 4.99. The summed E-state index contributed by atoms with van der Waals surface area (Å²) in [5, 5.41) is 7.97. The van der Waals surface area contributed by atoms with Gasteiger partial charge in [0, 0.05) is 0 Å². The summed E-state index contributed by atoms with van der Waals surface area (Å²) in [4.78, 5) is 0. The van der Waals surface area contributed by atoms with Gasteiger partial charge in [0.2, 0.25) is 0 Å². The van der Waals surface area contributed by atoms with E-state index in [9.17, 15) is 4.39 Å². The summed E-state index contributed by atoms with van der Waals surface area (Å²) in [6.07, 6.45) is 0. The van der Waals surface area contributed by atoms with Crippen molar-refractivity contribution >= 4 is 12.4 Å². The Morgan fingerprint density at radius 2 is 2.14 bits per heavy atom. The third-order valence-electron chi connectivity index (χ3n) is 0.433. The van der Waals surface area contributed by atoms with Crippen LogP contribution in [0.25, 0.3) is 0 Å². The lowest BCUT2D eigenvalue weighted by Crippen LogP contribution is -2.26. The lowest BCUT2D eigenvalue weighted by Gasteiger charge is -1.96. The molecule has 0 heterocycles. The molecular formula is C3H9ClFNO. The van der Waals surface area contributed by atoms with E-state index < -0.39 is 12.7 Å². The fourth-order valence-electron chi connectivity index (χ4n) is 0.0488. The molecule has 0 saturated carbocycles. The quantitative estimate of drug-likeness (QED) is 0.538. The first-order valence-corrected chi connectivity index (χ1v) is 1.73. The normalized spacial score (nSPS) is 12.4. The summed E-state index contributed by atoms with van der Waals surface area (Å²) in [5.74, 6) is 0. The lowest BCUT2D eigenvalue weighted by atomic mass is 10.4. The minimum Gasteiger partial charge on any atom is -0.395 e. The standard InChI is InChI=1S/C3H8FNO.ClH/c4-1-3(5)2-6;/h3,6H,1-2,5H2;1H. The Bertz CT molecular complexity index is 34.1. The molecule has 1 unspecified atom stereocenters. The van der Waals surface area contributed by atoms with E-state index in [2.05, 4.69) is 0 Å². The fourth-order valence-corrected chi connectivity index (χ4v) is 0.0488. The molecule has 0 aromatic rings. The number of aliphatic hydroxyl groups is 1. The smallest absolute Gasteiger partial charge is 0.107 e. The molecule has 0 rings (SSSR count). The summed E-state index contributed by atoms with van der Waals surface area (Å²) in [6, 6.07) is -0.676. The van der Waals surface area contributed by atoms with Crippen LogP contribution in [0.2, 0.25) is 0 Å². The Morgan fingerprint density at radius 3 is 2.14 bits per heavy atom. The highest BCUT2D eigenvalue weighted by Gasteiger charge is 1.93. The monoisotopic (exact) mass is 129 g/mol. The van der Waals surface area contributed by atoms with Crippen LogP contribution in [0.5, 0.6) is 0 Å². The topological polar surface area (TPSA) is 46.2 Å². The van der Waals surface area contributed by atoms with E-state index in [1.165, 1.54) is 0 Å². The van der Waals surface area contributed by atoms with Gasteiger partial charge in [-0.3, -0.25) is 0 Å². The number of alkyl halides is 1. The number of nitrogens with two attached hydrogens (primary N) is 1. The van der Waals surface area contributed by atoms with Crippen molar-refractivity contribution in [3.05, 3.63) is 0 Å². The third kappa shape index (κ3) is 6.14. The average molecular weight is 130 g/mol. The van der Waals surface area contributed by atoms with E-state index in [-0.39, 0.29) is 19.0 Å². The van der Waals surface area contributed by atoms with Gasteiger partial charge in [0.1, 0.15) is 6.67 Å². The van der Waals surface area contributed by atoms with Gasteiger partial charge in [-0.15, -0.1) is 12.4 Å². The summed E-state index contributed by atoms with van der Waals surface area (Å²) >= 11 is 0. The molecule has 0 aliphatic carbocycles. The molecule has 3 N–H and O–H groups in total. The molecule has 1 atom stereocenters. The van der Waals surface area contributed by atoms with Gasteiger partial charge in [-0.1, -0.05) is 0 Å². The maximum Gasteiger partial charge on any atom is 0.107 e. The number of aliphatic hydroxyl groups excluding tert-OH is 1. The summed E-state index contributed by atoms with van der Waals surface area (Å²) < 4.78 is 11.1. The number of hydrogen-bond donors (Lipinski definition) is 2. The fraction of sp³-hybridized carbons (Fsp3) is 1.00. The first-order chi connectivity index (χ1) is 2.81. The van der Waals surface area contributed by atoms with E-state index in [0.29, 0.717) is 0 Å². The van der Waals surface area contributed by atoms with E-state index in [1.54, 1.807) is 0 Å². The van der Waals surface area contributed by atoms with Crippen LogP contribution in [0.15, 0.2) is 0 Å². The number of rotatable bonds is 2. The maximum atomic E-state index is 11.1. The molecule has 0 bridgehead atoms. The van der Waals surface area contributed by atoms with Gasteiger partial charge in [0.15, 0.2) is 0 Å². The van der Waals surface area contributed by atoms with Gasteiger partial charge in [0.25, 0.3) is 0 Å². The highest BCUT2D eigenvalue weighted by Crippen LogP contribution is 1.73. The van der Waals surface area contributed by atoms with Crippen molar-refractivity contribution in [3.63, 3.8) is 0 Å². The van der Waals surface area contributed by atoms with Gasteiger partial charge < -0.3 is 10.8 Å². The van der Waals surface area contributed by atoms with E-state index in [4.69, 9.17) is 10.8 Å². The second-order valence-electron chi connectivity index (χ2n) is 1.10. The zero-order valence-corrected chi connectivity index (χ0v) is 4.62. The molecule has 4 heteroatoms. The van der Waals surface area contributed by atoms with E-state index in [1.807, 2.05) is 0 Å². The first kappa shape index (κ1) is 10.2. The van der Waals surface area contributed by atoms with Crippen molar-refractivity contribution in [3.8, 4) is 0 Å². The molecule has 2 nitrogen and oxygen atoms in total. The predicted molar refractivity (Wildman–Crippen MR) is 28.3 cm³/mol.